The van der Waals surface area contributed by atoms with E-state index in [4.69, 9.17) is 0 Å². The lowest BCUT2D eigenvalue weighted by Gasteiger charge is -2.02. The topological polar surface area (TPSA) is 73.6 Å². The Morgan fingerprint density at radius 1 is 0.800 bits per heavy atom. The van der Waals surface area contributed by atoms with E-state index in [1.165, 1.54) is 17.4 Å². The van der Waals surface area contributed by atoms with Gasteiger partial charge >= 0.3 is 0 Å². The van der Waals surface area contributed by atoms with Crippen LogP contribution in [0.15, 0.2) is 48.7 Å². The van der Waals surface area contributed by atoms with Crippen molar-refractivity contribution in [1.82, 2.24) is 4.98 Å². The summed E-state index contributed by atoms with van der Waals surface area (Å²) in [6.45, 7) is 0. The molecule has 3 aromatic rings. The van der Waals surface area contributed by atoms with Gasteiger partial charge in [-0.05, 0) is 24.3 Å². The summed E-state index contributed by atoms with van der Waals surface area (Å²) in [6, 6.07) is 11.7. The van der Waals surface area contributed by atoms with Gasteiger partial charge in [-0.2, -0.15) is 0 Å². The number of para-hydroxylation sites is 2. The monoisotopic (exact) mass is 285 g/mol. The fourth-order valence-electron chi connectivity index (χ4n) is 1.91. The second-order valence-electron chi connectivity index (χ2n) is 4.22. The van der Waals surface area contributed by atoms with Crippen LogP contribution in [0.25, 0.3) is 21.0 Å². The maximum atomic E-state index is 9.85. The van der Waals surface area contributed by atoms with Gasteiger partial charge in [-0.1, -0.05) is 18.2 Å². The van der Waals surface area contributed by atoms with E-state index in [0.717, 1.165) is 4.88 Å². The summed E-state index contributed by atoms with van der Waals surface area (Å²) in [7, 11) is 0. The first kappa shape index (κ1) is 12.5. The first-order valence-electron chi connectivity index (χ1n) is 5.92. The van der Waals surface area contributed by atoms with Crippen molar-refractivity contribution in [2.24, 2.45) is 0 Å². The quantitative estimate of drug-likeness (QED) is 0.629. The van der Waals surface area contributed by atoms with Crippen LogP contribution in [0.3, 0.4) is 0 Å². The molecule has 0 saturated heterocycles. The normalized spacial score (nSPS) is 10.6. The molecule has 1 heterocycles. The molecular weight excluding hydrogens is 274 g/mol. The lowest BCUT2D eigenvalue weighted by atomic mass is 10.2. The van der Waals surface area contributed by atoms with E-state index in [1.807, 2.05) is 6.07 Å². The van der Waals surface area contributed by atoms with Gasteiger partial charge in [0.15, 0.2) is 11.5 Å². The van der Waals surface area contributed by atoms with Gasteiger partial charge in [-0.25, -0.2) is 4.98 Å². The molecule has 3 rings (SSSR count). The Morgan fingerprint density at radius 2 is 1.50 bits per heavy atom. The molecule has 0 bridgehead atoms. The molecule has 0 aliphatic carbocycles. The van der Waals surface area contributed by atoms with Gasteiger partial charge in [0.05, 0.1) is 10.4 Å². The molecule has 4 nitrogen and oxygen atoms in total. The van der Waals surface area contributed by atoms with E-state index >= 15 is 0 Å². The van der Waals surface area contributed by atoms with Crippen molar-refractivity contribution in [1.29, 1.82) is 0 Å². The smallest absolute Gasteiger partial charge is 0.167 e. The number of nitrogens with zero attached hydrogens (tertiary/aromatic N) is 1. The van der Waals surface area contributed by atoms with Crippen LogP contribution in [-0.4, -0.2) is 20.3 Å². The zero-order valence-corrected chi connectivity index (χ0v) is 11.1. The third-order valence-electron chi connectivity index (χ3n) is 2.92. The SMILES string of the molecule is Oc1ccccc1-c1cnc(-c2cccc(O)c2O)s1. The van der Waals surface area contributed by atoms with E-state index < -0.39 is 0 Å². The summed E-state index contributed by atoms with van der Waals surface area (Å²) in [5, 5.41) is 29.8. The molecule has 3 N–H and O–H groups in total. The summed E-state index contributed by atoms with van der Waals surface area (Å²) in [5.41, 5.74) is 1.16. The molecule has 0 radical (unpaired) electrons. The molecule has 0 amide bonds. The first-order valence-corrected chi connectivity index (χ1v) is 6.74. The highest BCUT2D eigenvalue weighted by molar-refractivity contribution is 7.18. The number of benzene rings is 2. The maximum Gasteiger partial charge on any atom is 0.167 e. The summed E-state index contributed by atoms with van der Waals surface area (Å²) in [5.74, 6) is -0.185. The second-order valence-corrected chi connectivity index (χ2v) is 5.25. The fraction of sp³-hybridized carbons (Fsp3) is 0. The molecule has 5 heteroatoms. The van der Waals surface area contributed by atoms with Gasteiger partial charge in [0.25, 0.3) is 0 Å². The molecule has 0 unspecified atom stereocenters. The number of hydrogen-bond acceptors (Lipinski definition) is 5. The molecule has 2 aromatic carbocycles. The highest BCUT2D eigenvalue weighted by atomic mass is 32.1. The Morgan fingerprint density at radius 3 is 2.30 bits per heavy atom. The van der Waals surface area contributed by atoms with Gasteiger partial charge in [0.1, 0.15) is 10.8 Å². The van der Waals surface area contributed by atoms with Gasteiger partial charge < -0.3 is 15.3 Å². The van der Waals surface area contributed by atoms with Crippen molar-refractivity contribution in [2.75, 3.05) is 0 Å². The van der Waals surface area contributed by atoms with Crippen molar-refractivity contribution >= 4 is 11.3 Å². The van der Waals surface area contributed by atoms with Crippen LogP contribution in [0, 0.1) is 0 Å². The van der Waals surface area contributed by atoms with E-state index in [2.05, 4.69) is 4.98 Å². The minimum atomic E-state index is -0.189. The van der Waals surface area contributed by atoms with E-state index in [-0.39, 0.29) is 17.2 Å². The van der Waals surface area contributed by atoms with Gasteiger partial charge in [0.2, 0.25) is 0 Å². The van der Waals surface area contributed by atoms with Crippen molar-refractivity contribution in [2.45, 2.75) is 0 Å². The Balaban J connectivity index is 2.07. The van der Waals surface area contributed by atoms with E-state index in [1.54, 1.807) is 36.5 Å². The number of phenolic OH excluding ortho intramolecular Hbond substituents is 3. The second kappa shape index (κ2) is 4.86. The Bertz CT molecular complexity index is 767. The van der Waals surface area contributed by atoms with Crippen LogP contribution in [-0.2, 0) is 0 Å². The zero-order valence-electron chi connectivity index (χ0n) is 10.3. The van der Waals surface area contributed by atoms with E-state index in [9.17, 15) is 15.3 Å². The Labute approximate surface area is 119 Å². The van der Waals surface area contributed by atoms with Crippen LogP contribution in [0.4, 0.5) is 0 Å². The van der Waals surface area contributed by atoms with Crippen molar-refractivity contribution < 1.29 is 15.3 Å². The molecule has 20 heavy (non-hydrogen) atoms. The largest absolute Gasteiger partial charge is 0.507 e. The van der Waals surface area contributed by atoms with Gasteiger partial charge in [0, 0.05) is 11.8 Å². The van der Waals surface area contributed by atoms with Crippen LogP contribution in [0.5, 0.6) is 17.2 Å². The average molecular weight is 285 g/mol. The first-order chi connectivity index (χ1) is 9.66. The predicted octanol–water partition coefficient (Wildman–Crippen LogP) is 3.59. The number of aromatic hydroxyl groups is 3. The number of rotatable bonds is 2. The minimum absolute atomic E-state index is 0.179. The van der Waals surface area contributed by atoms with Gasteiger partial charge in [-0.3, -0.25) is 0 Å². The van der Waals surface area contributed by atoms with Crippen LogP contribution in [0.1, 0.15) is 0 Å². The van der Waals surface area contributed by atoms with Crippen LogP contribution in [0.2, 0.25) is 0 Å². The van der Waals surface area contributed by atoms with Crippen molar-refractivity contribution in [3.63, 3.8) is 0 Å². The fourth-order valence-corrected chi connectivity index (χ4v) is 2.89. The Kier molecular flexibility index (Phi) is 3.04. The maximum absolute atomic E-state index is 9.85. The molecule has 0 aliphatic rings. The zero-order chi connectivity index (χ0) is 14.1. The number of thiazole rings is 1. The summed E-state index contributed by atoms with van der Waals surface area (Å²) in [6.07, 6.45) is 1.64. The summed E-state index contributed by atoms with van der Waals surface area (Å²) < 4.78 is 0. The molecule has 0 spiro atoms. The highest BCUT2D eigenvalue weighted by Crippen LogP contribution is 2.41. The molecule has 100 valence electrons. The third kappa shape index (κ3) is 2.08. The third-order valence-corrected chi connectivity index (χ3v) is 3.98. The molecular formula is C15H11NO3S. The Hall–Kier alpha value is -2.53. The number of aromatic nitrogens is 1. The minimum Gasteiger partial charge on any atom is -0.507 e. The predicted molar refractivity (Wildman–Crippen MR) is 78.0 cm³/mol. The van der Waals surface area contributed by atoms with E-state index in [0.29, 0.717) is 16.1 Å². The average Bonchev–Trinajstić information content (AvgIpc) is 2.92. The van der Waals surface area contributed by atoms with Crippen molar-refractivity contribution in [3.05, 3.63) is 48.7 Å². The summed E-state index contributed by atoms with van der Waals surface area (Å²) >= 11 is 1.33. The highest BCUT2D eigenvalue weighted by Gasteiger charge is 2.14. The number of phenols is 3. The van der Waals surface area contributed by atoms with Crippen LogP contribution < -0.4 is 0 Å². The molecule has 0 atom stereocenters. The number of hydrogen-bond donors (Lipinski definition) is 3. The molecule has 0 aliphatic heterocycles. The molecule has 0 saturated carbocycles. The van der Waals surface area contributed by atoms with Gasteiger partial charge in [-0.15, -0.1) is 11.3 Å². The molecule has 0 fully saturated rings. The van der Waals surface area contributed by atoms with Crippen molar-refractivity contribution in [3.8, 4) is 38.3 Å². The lowest BCUT2D eigenvalue weighted by molar-refractivity contribution is 0.405. The lowest BCUT2D eigenvalue weighted by Crippen LogP contribution is -1.77. The summed E-state index contributed by atoms with van der Waals surface area (Å²) in [4.78, 5) is 5.03. The standard InChI is InChI=1S/C15H11NO3S/c17-11-6-2-1-4-9(11)13-8-16-15(20-13)10-5-3-7-12(18)14(10)19/h1-8,17-19H. The molecule has 1 aromatic heterocycles. The van der Waals surface area contributed by atoms with Crippen LogP contribution >= 0.6 is 11.3 Å².